The van der Waals surface area contributed by atoms with E-state index in [0.717, 1.165) is 17.6 Å². The lowest BCUT2D eigenvalue weighted by Gasteiger charge is -2.15. The summed E-state index contributed by atoms with van der Waals surface area (Å²) in [7, 11) is 1.99. The van der Waals surface area contributed by atoms with Crippen LogP contribution in [0.4, 0.5) is 5.69 Å². The van der Waals surface area contributed by atoms with E-state index in [1.54, 1.807) is 0 Å². The predicted octanol–water partition coefficient (Wildman–Crippen LogP) is 4.30. The van der Waals surface area contributed by atoms with Gasteiger partial charge < -0.3 is 5.32 Å². The van der Waals surface area contributed by atoms with E-state index in [0.29, 0.717) is 0 Å². The summed E-state index contributed by atoms with van der Waals surface area (Å²) in [5, 5.41) is 7.03. The second kappa shape index (κ2) is 4.54. The van der Waals surface area contributed by atoms with Gasteiger partial charge in [-0.05, 0) is 24.3 Å². The highest BCUT2D eigenvalue weighted by Crippen LogP contribution is 2.32. The van der Waals surface area contributed by atoms with Gasteiger partial charge in [0.1, 0.15) is 0 Å². The van der Waals surface area contributed by atoms with Crippen molar-refractivity contribution in [1.82, 2.24) is 4.98 Å². The Balaban J connectivity index is 2.52. The number of fused-ring (bicyclic) bond motifs is 3. The molecule has 3 rings (SSSR count). The lowest BCUT2D eigenvalue weighted by molar-refractivity contribution is 1.07. The van der Waals surface area contributed by atoms with E-state index in [-0.39, 0.29) is 0 Å². The smallest absolute Gasteiger partial charge is 0.0804 e. The molecule has 1 aromatic heterocycles. The summed E-state index contributed by atoms with van der Waals surface area (Å²) in [5.74, 6) is 0. The molecule has 96 valence electrons. The van der Waals surface area contributed by atoms with Crippen molar-refractivity contribution in [2.75, 3.05) is 12.4 Å². The van der Waals surface area contributed by atoms with Crippen LogP contribution in [0.25, 0.3) is 21.7 Å². The van der Waals surface area contributed by atoms with Gasteiger partial charge in [0.2, 0.25) is 0 Å². The number of aryl methyl sites for hydroxylation is 1. The van der Waals surface area contributed by atoms with Crippen LogP contribution in [-0.4, -0.2) is 12.0 Å². The van der Waals surface area contributed by atoms with Gasteiger partial charge in [0.25, 0.3) is 0 Å². The molecule has 0 saturated heterocycles. The third-order valence-corrected chi connectivity index (χ3v) is 3.79. The predicted molar refractivity (Wildman–Crippen MR) is 82.9 cm³/mol. The molecule has 1 N–H and O–H groups in total. The molecule has 3 aromatic rings. The normalized spacial score (nSPS) is 11.1. The highest BCUT2D eigenvalue weighted by Gasteiger charge is 2.11. The van der Waals surface area contributed by atoms with E-state index in [9.17, 15) is 0 Å². The number of aromatic nitrogens is 1. The molecule has 0 aliphatic carbocycles. The van der Waals surface area contributed by atoms with E-state index >= 15 is 0 Å². The Bertz CT molecular complexity index is 760. The van der Waals surface area contributed by atoms with Crippen LogP contribution in [0.1, 0.15) is 18.2 Å². The first-order chi connectivity index (χ1) is 9.26. The third-order valence-electron chi connectivity index (χ3n) is 3.79. The summed E-state index contributed by atoms with van der Waals surface area (Å²) >= 11 is 0. The molecule has 0 radical (unpaired) electrons. The van der Waals surface area contributed by atoms with E-state index in [1.165, 1.54) is 27.4 Å². The Kier molecular flexibility index (Phi) is 2.86. The van der Waals surface area contributed by atoms with Crippen LogP contribution in [-0.2, 0) is 6.42 Å². The summed E-state index contributed by atoms with van der Waals surface area (Å²) in [6.45, 7) is 4.28. The molecule has 0 atom stereocenters. The van der Waals surface area contributed by atoms with Crippen LogP contribution in [0.5, 0.6) is 0 Å². The van der Waals surface area contributed by atoms with Gasteiger partial charge in [-0.15, -0.1) is 0 Å². The fourth-order valence-electron chi connectivity index (χ4n) is 2.87. The summed E-state index contributed by atoms with van der Waals surface area (Å²) in [6, 6.07) is 12.8. The van der Waals surface area contributed by atoms with Gasteiger partial charge in [-0.3, -0.25) is 4.98 Å². The molecule has 2 heteroatoms. The number of rotatable bonds is 2. The zero-order valence-electron chi connectivity index (χ0n) is 11.6. The maximum Gasteiger partial charge on any atom is 0.0804 e. The molecule has 2 nitrogen and oxygen atoms in total. The standard InChI is InChI=1S/C17H18N2/c1-4-13-11(2)19-17-14-8-6-5-7-12(14)9-10-15(17)16(13)18-3/h5-10H,4H2,1-3H3,(H,18,19). The first-order valence-corrected chi connectivity index (χ1v) is 6.75. The second-order valence-electron chi connectivity index (χ2n) is 4.84. The van der Waals surface area contributed by atoms with E-state index < -0.39 is 0 Å². The van der Waals surface area contributed by atoms with Gasteiger partial charge in [-0.25, -0.2) is 0 Å². The Morgan fingerprint density at radius 2 is 1.84 bits per heavy atom. The SMILES string of the molecule is CCc1c(C)nc2c(ccc3ccccc32)c1NC. The minimum Gasteiger partial charge on any atom is -0.387 e. The van der Waals surface area contributed by atoms with Crippen molar-refractivity contribution in [1.29, 1.82) is 0 Å². The van der Waals surface area contributed by atoms with Crippen molar-refractivity contribution in [2.45, 2.75) is 20.3 Å². The minimum absolute atomic E-state index is 0.998. The largest absolute Gasteiger partial charge is 0.387 e. The highest BCUT2D eigenvalue weighted by molar-refractivity contribution is 6.09. The Hall–Kier alpha value is -2.09. The third kappa shape index (κ3) is 1.75. The van der Waals surface area contributed by atoms with Crippen molar-refractivity contribution >= 4 is 27.4 Å². The molecule has 0 saturated carbocycles. The average molecular weight is 250 g/mol. The molecule has 0 bridgehead atoms. The lowest BCUT2D eigenvalue weighted by Crippen LogP contribution is -2.01. The second-order valence-corrected chi connectivity index (χ2v) is 4.84. The van der Waals surface area contributed by atoms with Crippen molar-refractivity contribution in [2.24, 2.45) is 0 Å². The molecule has 0 spiro atoms. The van der Waals surface area contributed by atoms with Crippen LogP contribution >= 0.6 is 0 Å². The molecule has 19 heavy (non-hydrogen) atoms. The van der Waals surface area contributed by atoms with E-state index in [2.05, 4.69) is 55.6 Å². The number of benzene rings is 2. The lowest BCUT2D eigenvalue weighted by atomic mass is 10.0. The average Bonchev–Trinajstić information content (AvgIpc) is 2.45. The van der Waals surface area contributed by atoms with Crippen molar-refractivity contribution < 1.29 is 0 Å². The van der Waals surface area contributed by atoms with Crippen LogP contribution in [0.15, 0.2) is 36.4 Å². The Morgan fingerprint density at radius 3 is 2.58 bits per heavy atom. The summed E-state index contributed by atoms with van der Waals surface area (Å²) < 4.78 is 0. The Morgan fingerprint density at radius 1 is 1.05 bits per heavy atom. The monoisotopic (exact) mass is 250 g/mol. The number of hydrogen-bond donors (Lipinski definition) is 1. The molecule has 0 aliphatic heterocycles. The quantitative estimate of drug-likeness (QED) is 0.686. The van der Waals surface area contributed by atoms with Gasteiger partial charge in [-0.1, -0.05) is 43.3 Å². The van der Waals surface area contributed by atoms with E-state index in [4.69, 9.17) is 4.98 Å². The van der Waals surface area contributed by atoms with Crippen LogP contribution < -0.4 is 5.32 Å². The molecule has 2 aromatic carbocycles. The van der Waals surface area contributed by atoms with Crippen molar-refractivity contribution in [3.63, 3.8) is 0 Å². The summed E-state index contributed by atoms with van der Waals surface area (Å²) in [4.78, 5) is 4.84. The topological polar surface area (TPSA) is 24.9 Å². The molecule has 0 unspecified atom stereocenters. The zero-order chi connectivity index (χ0) is 13.4. The number of nitrogens with zero attached hydrogens (tertiary/aromatic N) is 1. The van der Waals surface area contributed by atoms with Gasteiger partial charge in [0.15, 0.2) is 0 Å². The Labute approximate surface area is 113 Å². The highest BCUT2D eigenvalue weighted by atomic mass is 14.8. The molecule has 0 amide bonds. The van der Waals surface area contributed by atoms with Gasteiger partial charge in [0, 0.05) is 29.2 Å². The molecular weight excluding hydrogens is 232 g/mol. The fraction of sp³-hybridized carbons (Fsp3) is 0.235. The van der Waals surface area contributed by atoms with E-state index in [1.807, 2.05) is 7.05 Å². The summed E-state index contributed by atoms with van der Waals surface area (Å²) in [6.07, 6.45) is 0.998. The first-order valence-electron chi connectivity index (χ1n) is 6.75. The zero-order valence-corrected chi connectivity index (χ0v) is 11.6. The number of anilines is 1. The minimum atomic E-state index is 0.998. The van der Waals surface area contributed by atoms with Gasteiger partial charge >= 0.3 is 0 Å². The van der Waals surface area contributed by atoms with Gasteiger partial charge in [-0.2, -0.15) is 0 Å². The number of pyridine rings is 1. The number of nitrogens with one attached hydrogen (secondary N) is 1. The van der Waals surface area contributed by atoms with Crippen LogP contribution in [0.3, 0.4) is 0 Å². The van der Waals surface area contributed by atoms with Crippen LogP contribution in [0, 0.1) is 6.92 Å². The maximum absolute atomic E-state index is 4.84. The first kappa shape index (κ1) is 12.0. The maximum atomic E-state index is 4.84. The molecule has 0 aliphatic rings. The number of hydrogen-bond acceptors (Lipinski definition) is 2. The molecule has 0 fully saturated rings. The van der Waals surface area contributed by atoms with Crippen LogP contribution in [0.2, 0.25) is 0 Å². The van der Waals surface area contributed by atoms with Gasteiger partial charge in [0.05, 0.1) is 5.52 Å². The van der Waals surface area contributed by atoms with Crippen molar-refractivity contribution in [3.8, 4) is 0 Å². The van der Waals surface area contributed by atoms with Crippen molar-refractivity contribution in [3.05, 3.63) is 47.7 Å². The summed E-state index contributed by atoms with van der Waals surface area (Å²) in [5.41, 5.74) is 4.74. The molecule has 1 heterocycles. The molecular formula is C17H18N2. The fourth-order valence-corrected chi connectivity index (χ4v) is 2.87.